The number of carbonyl (C=O) groups excluding carboxylic acids is 1. The highest BCUT2D eigenvalue weighted by Gasteiger charge is 2.55. The highest BCUT2D eigenvalue weighted by molar-refractivity contribution is 6.46. The van der Waals surface area contributed by atoms with E-state index in [0.29, 0.717) is 44.5 Å². The summed E-state index contributed by atoms with van der Waals surface area (Å²) in [6, 6.07) is 8.97. The predicted molar refractivity (Wildman–Crippen MR) is 219 cm³/mol. The van der Waals surface area contributed by atoms with Crippen molar-refractivity contribution in [2.75, 3.05) is 0 Å². The Labute approximate surface area is 341 Å². The number of hydrogen-bond donors (Lipinski definition) is 6. The molecule has 13 heteroatoms. The maximum atomic E-state index is 13.2. The number of carboxylic acids is 1. The average Bonchev–Trinajstić information content (AvgIpc) is 3.72. The van der Waals surface area contributed by atoms with Crippen LogP contribution in [0.3, 0.4) is 0 Å². The van der Waals surface area contributed by atoms with Gasteiger partial charge in [0.1, 0.15) is 0 Å². The summed E-state index contributed by atoms with van der Waals surface area (Å²) < 4.78 is 0. The van der Waals surface area contributed by atoms with Crippen molar-refractivity contribution in [1.29, 1.82) is 0 Å². The Balaban J connectivity index is 0.000000129. The van der Waals surface area contributed by atoms with Gasteiger partial charge in [-0.2, -0.15) is 0 Å². The quantitative estimate of drug-likeness (QED) is 0.114. The minimum atomic E-state index is -0.829. The van der Waals surface area contributed by atoms with E-state index in [9.17, 15) is 19.8 Å². The second-order valence-electron chi connectivity index (χ2n) is 17.7. The lowest BCUT2D eigenvalue weighted by Gasteiger charge is -2.59. The first-order chi connectivity index (χ1) is 26.1. The number of hydrogen-bond acceptors (Lipinski definition) is 5. The lowest BCUT2D eigenvalue weighted by atomic mass is 9.61. The van der Waals surface area contributed by atoms with E-state index in [-0.39, 0.29) is 41.8 Å². The van der Waals surface area contributed by atoms with Crippen molar-refractivity contribution >= 4 is 80.1 Å². The summed E-state index contributed by atoms with van der Waals surface area (Å²) in [5, 5.41) is 36.9. The Hall–Kier alpha value is -2.50. The van der Waals surface area contributed by atoms with Gasteiger partial charge in [0, 0.05) is 64.8 Å². The monoisotopic (exact) mass is 830 g/mol. The molecule has 6 unspecified atom stereocenters. The molecule has 4 saturated carbocycles. The Morgan fingerprint density at radius 3 is 1.60 bits per heavy atom. The fourth-order valence-corrected chi connectivity index (χ4v) is 12.4. The first-order valence-corrected chi connectivity index (χ1v) is 21.2. The largest absolute Gasteiger partial charge is 0.481 e. The molecular formula is C42H50Cl4N4O5. The molecule has 4 aliphatic carbocycles. The number of H-pyrrole nitrogens is 2. The Morgan fingerprint density at radius 2 is 1.16 bits per heavy atom. The van der Waals surface area contributed by atoms with Gasteiger partial charge in [-0.1, -0.05) is 60.3 Å². The summed E-state index contributed by atoms with van der Waals surface area (Å²) in [4.78, 5) is 32.4. The third-order valence-corrected chi connectivity index (χ3v) is 15.0. The molecule has 8 fully saturated rings. The van der Waals surface area contributed by atoms with Gasteiger partial charge in [-0.25, -0.2) is 0 Å². The number of benzene rings is 2. The van der Waals surface area contributed by atoms with Crippen LogP contribution in [-0.4, -0.2) is 77.4 Å². The lowest BCUT2D eigenvalue weighted by Crippen LogP contribution is -2.65. The second-order valence-corrected chi connectivity index (χ2v) is 19.2. The zero-order valence-corrected chi connectivity index (χ0v) is 34.2. The highest BCUT2D eigenvalue weighted by Crippen LogP contribution is 2.52. The molecule has 8 aliphatic rings. The number of rotatable bonds is 6. The van der Waals surface area contributed by atoms with Crippen LogP contribution in [0.15, 0.2) is 36.7 Å². The Bertz CT molecular complexity index is 2060. The van der Waals surface area contributed by atoms with Gasteiger partial charge in [-0.3, -0.25) is 9.59 Å². The molecule has 4 saturated heterocycles. The fourth-order valence-electron chi connectivity index (χ4n) is 11.5. The van der Waals surface area contributed by atoms with Crippen LogP contribution in [0.25, 0.3) is 21.8 Å². The number of piperidine rings is 4. The molecule has 12 rings (SSSR count). The molecule has 6 N–H and O–H groups in total. The summed E-state index contributed by atoms with van der Waals surface area (Å²) in [5.74, 6) is 0.722. The van der Waals surface area contributed by atoms with E-state index in [0.717, 1.165) is 90.2 Å². The summed E-state index contributed by atoms with van der Waals surface area (Å²) in [6.45, 7) is 3.93. The van der Waals surface area contributed by atoms with Crippen LogP contribution >= 0.6 is 46.4 Å². The Kier molecular flexibility index (Phi) is 10.7. The summed E-state index contributed by atoms with van der Waals surface area (Å²) >= 11 is 24.8. The van der Waals surface area contributed by atoms with Crippen LogP contribution in [0.4, 0.5) is 0 Å². The van der Waals surface area contributed by atoms with Crippen molar-refractivity contribution in [2.24, 2.45) is 11.8 Å². The van der Waals surface area contributed by atoms with Gasteiger partial charge in [0.2, 0.25) is 5.91 Å². The molecule has 6 atom stereocenters. The number of aromatic nitrogens is 2. The zero-order valence-electron chi connectivity index (χ0n) is 31.2. The molecular weight excluding hydrogens is 782 g/mol. The molecule has 4 aromatic rings. The number of carbonyl (C=O) groups is 2. The smallest absolute Gasteiger partial charge is 0.303 e. The summed E-state index contributed by atoms with van der Waals surface area (Å²) in [7, 11) is 0. The van der Waals surface area contributed by atoms with Crippen molar-refractivity contribution in [3.63, 3.8) is 0 Å². The van der Waals surface area contributed by atoms with Gasteiger partial charge < -0.3 is 35.5 Å². The molecule has 8 bridgehead atoms. The normalized spacial score (nSPS) is 32.3. The SMILES string of the molecule is CC(CC(=O)N1C2CC3CC1CC(O)(C3)C2)c1c[nH]c2ccc(Cl)c(Cl)c12.CC(CC(=O)O)c1c[nH]c2ccc(Cl)c(Cl)c12.OC12CC3CC(C1)NC(C3)C2. The first-order valence-electron chi connectivity index (χ1n) is 19.7. The van der Waals surface area contributed by atoms with Crippen molar-refractivity contribution in [3.8, 4) is 0 Å². The molecule has 0 radical (unpaired) electrons. The van der Waals surface area contributed by atoms with Crippen LogP contribution in [0.5, 0.6) is 0 Å². The molecule has 296 valence electrons. The minimum Gasteiger partial charge on any atom is -0.481 e. The first kappa shape index (κ1) is 39.3. The van der Waals surface area contributed by atoms with E-state index in [1.807, 2.05) is 25.3 Å². The topological polar surface area (TPSA) is 142 Å². The molecule has 0 spiro atoms. The lowest BCUT2D eigenvalue weighted by molar-refractivity contribution is -0.174. The fraction of sp³-hybridized carbons (Fsp3) is 0.571. The van der Waals surface area contributed by atoms with Crippen molar-refractivity contribution in [3.05, 3.63) is 67.9 Å². The maximum absolute atomic E-state index is 13.2. The number of amides is 1. The number of aliphatic carboxylic acids is 1. The van der Waals surface area contributed by atoms with Crippen LogP contribution in [0.2, 0.25) is 20.1 Å². The second kappa shape index (κ2) is 15.0. The third kappa shape index (κ3) is 7.76. The number of carboxylic acid groups (broad SMARTS) is 1. The molecule has 9 nitrogen and oxygen atoms in total. The van der Waals surface area contributed by atoms with Gasteiger partial charge in [0.05, 0.1) is 37.7 Å². The van der Waals surface area contributed by atoms with E-state index in [1.54, 1.807) is 18.3 Å². The molecule has 55 heavy (non-hydrogen) atoms. The average molecular weight is 833 g/mol. The molecule has 4 aliphatic heterocycles. The van der Waals surface area contributed by atoms with Gasteiger partial charge in [0.15, 0.2) is 0 Å². The van der Waals surface area contributed by atoms with Gasteiger partial charge in [0.25, 0.3) is 0 Å². The number of nitrogens with one attached hydrogen (secondary N) is 3. The Morgan fingerprint density at radius 1 is 0.709 bits per heavy atom. The number of fused-ring (bicyclic) bond motifs is 2. The standard InChI is InChI=1S/C21H24Cl2N2O2.C12H11Cl2NO2.C9H15NO/c1-11(15-10-24-17-3-2-16(22)20(23)19(15)17)4-18(26)25-13-5-12-6-14(25)9-21(27,7-12)8-13;1-6(4-10(16)17)7-5-15-9-3-2-8(13)12(14)11(7)9;11-9-3-6-1-7(4-9)10-8(2-6)5-9/h2-3,10-14,24,27H,4-9H2,1H3;2-3,5-6,15H,4H2,1H3,(H,16,17);6-8,10-11H,1-5H2. The summed E-state index contributed by atoms with van der Waals surface area (Å²) in [5.41, 5.74) is 2.94. The third-order valence-electron chi connectivity index (χ3n) is 13.4. The zero-order chi connectivity index (χ0) is 39.0. The maximum Gasteiger partial charge on any atom is 0.303 e. The number of nitrogens with zero attached hydrogens (tertiary/aromatic N) is 1. The van der Waals surface area contributed by atoms with Crippen LogP contribution in [-0.2, 0) is 9.59 Å². The summed E-state index contributed by atoms with van der Waals surface area (Å²) in [6.07, 6.45) is 14.5. The molecule has 2 aromatic heterocycles. The predicted octanol–water partition coefficient (Wildman–Crippen LogP) is 9.58. The molecule has 6 heterocycles. The highest BCUT2D eigenvalue weighted by atomic mass is 35.5. The minimum absolute atomic E-state index is 0.0440. The van der Waals surface area contributed by atoms with E-state index in [2.05, 4.69) is 27.1 Å². The number of aliphatic hydroxyl groups is 2. The van der Waals surface area contributed by atoms with Gasteiger partial charge in [-0.15, -0.1) is 0 Å². The van der Waals surface area contributed by atoms with E-state index < -0.39 is 11.6 Å². The number of aromatic amines is 2. The van der Waals surface area contributed by atoms with E-state index >= 15 is 0 Å². The van der Waals surface area contributed by atoms with Crippen molar-refractivity contribution < 1.29 is 24.9 Å². The molecule has 2 aromatic carbocycles. The van der Waals surface area contributed by atoms with E-state index in [1.165, 1.54) is 12.8 Å². The molecule has 1 amide bonds. The number of halogens is 4. The van der Waals surface area contributed by atoms with Crippen LogP contribution in [0, 0.1) is 11.8 Å². The van der Waals surface area contributed by atoms with E-state index in [4.69, 9.17) is 51.5 Å². The van der Waals surface area contributed by atoms with Crippen LogP contribution in [0.1, 0.15) is 114 Å². The van der Waals surface area contributed by atoms with Gasteiger partial charge in [-0.05, 0) is 123 Å². The van der Waals surface area contributed by atoms with Crippen molar-refractivity contribution in [2.45, 2.75) is 138 Å². The van der Waals surface area contributed by atoms with Gasteiger partial charge >= 0.3 is 5.97 Å². The van der Waals surface area contributed by atoms with Crippen molar-refractivity contribution in [1.82, 2.24) is 20.2 Å². The van der Waals surface area contributed by atoms with Crippen LogP contribution < -0.4 is 5.32 Å².